The standard InChI is InChI=1S/C25H20Cl2F4N4O4/c26-18-9-32-10-19(27)21(18)20(36)12-34(11-13-1-4-15(28)5-2-13)23(37)17-8-33-35(22(17)25(29,30)31)16-6-3-14(7-16)24(38)39/h1-2,4-5,8-10,14,16H,3,6-7,11-12H2,(H,38,39)/t14-,16+/m1/s1. The highest BCUT2D eigenvalue weighted by Gasteiger charge is 2.44. The van der Waals surface area contributed by atoms with Crippen LogP contribution in [0, 0.1) is 11.7 Å². The number of nitrogens with zero attached hydrogens (tertiary/aromatic N) is 4. The number of ketones is 1. The SMILES string of the molecule is O=C(CN(Cc1ccc(F)cc1)C(=O)c1cnn([C@H]2CC[C@@H](C(=O)O)C2)c1C(F)(F)F)c1c(Cl)cncc1Cl. The number of carbonyl (C=O) groups is 3. The van der Waals surface area contributed by atoms with Crippen LogP contribution in [0.3, 0.4) is 0 Å². The highest BCUT2D eigenvalue weighted by Crippen LogP contribution is 2.40. The van der Waals surface area contributed by atoms with Gasteiger partial charge in [-0.3, -0.25) is 24.0 Å². The number of amides is 1. The zero-order valence-corrected chi connectivity index (χ0v) is 21.5. The lowest BCUT2D eigenvalue weighted by Gasteiger charge is -2.24. The number of Topliss-reactive ketones (excluding diaryl/α,β-unsaturated/α-hetero) is 1. The molecule has 2 aromatic heterocycles. The zero-order valence-electron chi connectivity index (χ0n) is 20.0. The van der Waals surface area contributed by atoms with Crippen LogP contribution in [0.2, 0.25) is 10.0 Å². The van der Waals surface area contributed by atoms with Crippen LogP contribution in [0.25, 0.3) is 0 Å². The van der Waals surface area contributed by atoms with Gasteiger partial charge in [-0.05, 0) is 37.0 Å². The quantitative estimate of drug-likeness (QED) is 0.268. The molecule has 3 aromatic rings. The van der Waals surface area contributed by atoms with Crippen LogP contribution >= 0.6 is 23.2 Å². The largest absolute Gasteiger partial charge is 0.481 e. The summed E-state index contributed by atoms with van der Waals surface area (Å²) in [5.74, 6) is -4.45. The predicted molar refractivity (Wildman–Crippen MR) is 131 cm³/mol. The van der Waals surface area contributed by atoms with Gasteiger partial charge in [-0.15, -0.1) is 0 Å². The predicted octanol–water partition coefficient (Wildman–Crippen LogP) is 5.69. The van der Waals surface area contributed by atoms with Crippen LogP contribution in [-0.2, 0) is 17.5 Å². The number of rotatable bonds is 8. The molecule has 206 valence electrons. The van der Waals surface area contributed by atoms with Crippen LogP contribution in [-0.4, -0.2) is 49.0 Å². The van der Waals surface area contributed by atoms with E-state index in [1.165, 1.54) is 12.1 Å². The summed E-state index contributed by atoms with van der Waals surface area (Å²) in [5.41, 5.74) is -1.99. The van der Waals surface area contributed by atoms with Crippen LogP contribution in [0.1, 0.15) is 57.3 Å². The molecule has 1 aliphatic rings. The van der Waals surface area contributed by atoms with Crippen molar-refractivity contribution in [2.45, 2.75) is 38.0 Å². The van der Waals surface area contributed by atoms with Gasteiger partial charge in [0.25, 0.3) is 5.91 Å². The van der Waals surface area contributed by atoms with E-state index < -0.39 is 59.4 Å². The third-order valence-corrected chi connectivity index (χ3v) is 7.01. The highest BCUT2D eigenvalue weighted by molar-refractivity contribution is 6.39. The number of hydrogen-bond donors (Lipinski definition) is 1. The van der Waals surface area contributed by atoms with Gasteiger partial charge in [-0.1, -0.05) is 35.3 Å². The van der Waals surface area contributed by atoms with E-state index in [4.69, 9.17) is 23.2 Å². The van der Waals surface area contributed by atoms with Crippen molar-refractivity contribution < 1.29 is 37.1 Å². The fourth-order valence-electron chi connectivity index (χ4n) is 4.59. The summed E-state index contributed by atoms with van der Waals surface area (Å²) in [5, 5.41) is 12.9. The summed E-state index contributed by atoms with van der Waals surface area (Å²) in [7, 11) is 0. The number of carboxylic acids is 1. The van der Waals surface area contributed by atoms with Crippen molar-refractivity contribution in [3.05, 3.63) is 81.1 Å². The molecule has 8 nitrogen and oxygen atoms in total. The zero-order chi connectivity index (χ0) is 28.5. The number of carbonyl (C=O) groups excluding carboxylic acids is 2. The van der Waals surface area contributed by atoms with Gasteiger partial charge in [0, 0.05) is 18.9 Å². The van der Waals surface area contributed by atoms with Gasteiger partial charge in [0.05, 0.1) is 45.9 Å². The van der Waals surface area contributed by atoms with Gasteiger partial charge in [0.15, 0.2) is 11.5 Å². The van der Waals surface area contributed by atoms with Crippen molar-refractivity contribution >= 4 is 40.9 Å². The maximum Gasteiger partial charge on any atom is 0.433 e. The molecule has 0 radical (unpaired) electrons. The molecule has 2 atom stereocenters. The van der Waals surface area contributed by atoms with Crippen LogP contribution in [0.15, 0.2) is 42.9 Å². The molecule has 0 saturated heterocycles. The number of halogens is 6. The van der Waals surface area contributed by atoms with Gasteiger partial charge in [0.1, 0.15) is 5.82 Å². The Labute approximate surface area is 229 Å². The highest BCUT2D eigenvalue weighted by atomic mass is 35.5. The van der Waals surface area contributed by atoms with E-state index in [0.29, 0.717) is 10.2 Å². The molecule has 0 unspecified atom stereocenters. The van der Waals surface area contributed by atoms with Crippen LogP contribution < -0.4 is 0 Å². The third-order valence-electron chi connectivity index (χ3n) is 6.44. The first kappa shape index (κ1) is 28.5. The molecule has 1 aliphatic carbocycles. The lowest BCUT2D eigenvalue weighted by Crippen LogP contribution is -2.36. The molecule has 4 rings (SSSR count). The van der Waals surface area contributed by atoms with E-state index in [9.17, 15) is 37.1 Å². The Balaban J connectivity index is 1.72. The second kappa shape index (κ2) is 11.3. The first-order valence-electron chi connectivity index (χ1n) is 11.6. The minimum absolute atomic E-state index is 0.0788. The molecule has 2 heterocycles. The number of pyridine rings is 1. The van der Waals surface area contributed by atoms with E-state index in [1.807, 2.05) is 0 Å². The Bertz CT molecular complexity index is 1390. The summed E-state index contributed by atoms with van der Waals surface area (Å²) in [6.45, 7) is -1.06. The first-order chi connectivity index (χ1) is 18.4. The normalized spacial score (nSPS) is 17.3. The van der Waals surface area contributed by atoms with Gasteiger partial charge in [-0.25, -0.2) is 4.39 Å². The van der Waals surface area contributed by atoms with E-state index in [0.717, 1.165) is 35.6 Å². The third kappa shape index (κ3) is 6.22. The Morgan fingerprint density at radius 1 is 1.05 bits per heavy atom. The fraction of sp³-hybridized carbons (Fsp3) is 0.320. The lowest BCUT2D eigenvalue weighted by atomic mass is 10.1. The van der Waals surface area contributed by atoms with Crippen LogP contribution in [0.5, 0.6) is 0 Å². The van der Waals surface area contributed by atoms with Crippen molar-refractivity contribution in [1.82, 2.24) is 19.7 Å². The van der Waals surface area contributed by atoms with E-state index in [2.05, 4.69) is 10.1 Å². The number of aliphatic carboxylic acids is 1. The maximum absolute atomic E-state index is 14.3. The molecule has 0 spiro atoms. The summed E-state index contributed by atoms with van der Waals surface area (Å²) in [4.78, 5) is 42.7. The smallest absolute Gasteiger partial charge is 0.433 e. The van der Waals surface area contributed by atoms with Crippen LogP contribution in [0.4, 0.5) is 17.6 Å². The number of benzene rings is 1. The van der Waals surface area contributed by atoms with E-state index >= 15 is 0 Å². The van der Waals surface area contributed by atoms with Gasteiger partial charge < -0.3 is 10.0 Å². The van der Waals surface area contributed by atoms with Crippen molar-refractivity contribution in [1.29, 1.82) is 0 Å². The summed E-state index contributed by atoms with van der Waals surface area (Å²) < 4.78 is 56.9. The summed E-state index contributed by atoms with van der Waals surface area (Å²) in [6.07, 6.45) is -1.73. The Morgan fingerprint density at radius 3 is 2.26 bits per heavy atom. The average molecular weight is 587 g/mol. The molecule has 1 amide bonds. The Kier molecular flexibility index (Phi) is 8.26. The molecular weight excluding hydrogens is 567 g/mol. The first-order valence-corrected chi connectivity index (χ1v) is 12.4. The summed E-state index contributed by atoms with van der Waals surface area (Å²) >= 11 is 12.1. The molecular formula is C25H20Cl2F4N4O4. The van der Waals surface area contributed by atoms with Gasteiger partial charge >= 0.3 is 12.1 Å². The molecule has 1 N–H and O–H groups in total. The molecule has 0 aliphatic heterocycles. The van der Waals surface area contributed by atoms with Crippen molar-refractivity contribution in [2.24, 2.45) is 5.92 Å². The molecule has 1 saturated carbocycles. The van der Waals surface area contributed by atoms with Crippen molar-refractivity contribution in [2.75, 3.05) is 6.54 Å². The van der Waals surface area contributed by atoms with E-state index in [-0.39, 0.29) is 41.4 Å². The van der Waals surface area contributed by atoms with Crippen molar-refractivity contribution in [3.63, 3.8) is 0 Å². The number of aromatic nitrogens is 3. The molecule has 14 heteroatoms. The lowest BCUT2D eigenvalue weighted by molar-refractivity contribution is -0.145. The Morgan fingerprint density at radius 2 is 1.69 bits per heavy atom. The minimum atomic E-state index is -5.02. The minimum Gasteiger partial charge on any atom is -0.481 e. The average Bonchev–Trinajstić information content (AvgIpc) is 3.52. The molecule has 39 heavy (non-hydrogen) atoms. The fourth-order valence-corrected chi connectivity index (χ4v) is 5.17. The van der Waals surface area contributed by atoms with Crippen molar-refractivity contribution in [3.8, 4) is 0 Å². The second-order valence-electron chi connectivity index (χ2n) is 9.04. The summed E-state index contributed by atoms with van der Waals surface area (Å²) in [6, 6.07) is 3.98. The monoisotopic (exact) mass is 586 g/mol. The topological polar surface area (TPSA) is 105 Å². The van der Waals surface area contributed by atoms with E-state index in [1.54, 1.807) is 0 Å². The molecule has 1 fully saturated rings. The maximum atomic E-state index is 14.3. The number of alkyl halides is 3. The molecule has 0 bridgehead atoms. The van der Waals surface area contributed by atoms with Gasteiger partial charge in [-0.2, -0.15) is 18.3 Å². The Hall–Kier alpha value is -3.51. The second-order valence-corrected chi connectivity index (χ2v) is 9.85. The number of carboxylic acid groups (broad SMARTS) is 1. The molecule has 1 aromatic carbocycles. The number of hydrogen-bond acceptors (Lipinski definition) is 5. The van der Waals surface area contributed by atoms with Gasteiger partial charge in [0.2, 0.25) is 0 Å².